The number of likely N-dealkylation sites (N-methyl/N-ethyl adjacent to an activating group) is 1. The van der Waals surface area contributed by atoms with Gasteiger partial charge in [0, 0.05) is 24.7 Å². The van der Waals surface area contributed by atoms with Crippen LogP contribution in [0.3, 0.4) is 0 Å². The van der Waals surface area contributed by atoms with Crippen molar-refractivity contribution in [1.82, 2.24) is 10.2 Å². The number of hydrogen-bond donors (Lipinski definition) is 2. The fraction of sp³-hybridized carbons (Fsp3) is 0.571. The Kier molecular flexibility index (Phi) is 4.40. The van der Waals surface area contributed by atoms with Crippen LogP contribution < -0.4 is 5.32 Å². The molecule has 0 saturated carbocycles. The van der Waals surface area contributed by atoms with E-state index >= 15 is 0 Å². The minimum atomic E-state index is 0.412. The summed E-state index contributed by atoms with van der Waals surface area (Å²) in [6, 6.07) is 8.24. The normalized spacial score (nSPS) is 20.7. The van der Waals surface area contributed by atoms with Crippen LogP contribution in [-0.4, -0.2) is 35.7 Å². The van der Waals surface area contributed by atoms with Gasteiger partial charge in [-0.05, 0) is 32.0 Å². The Hall–Kier alpha value is -1.06. The van der Waals surface area contributed by atoms with Gasteiger partial charge in [0.05, 0.1) is 0 Å². The number of para-hydroxylation sites is 1. The molecule has 1 aromatic rings. The van der Waals surface area contributed by atoms with Crippen molar-refractivity contribution in [3.8, 4) is 5.75 Å². The van der Waals surface area contributed by atoms with Crippen LogP contribution in [0.4, 0.5) is 0 Å². The van der Waals surface area contributed by atoms with Crippen molar-refractivity contribution in [1.29, 1.82) is 0 Å². The Morgan fingerprint density at radius 1 is 1.41 bits per heavy atom. The van der Waals surface area contributed by atoms with E-state index in [9.17, 15) is 5.11 Å². The molecule has 1 heterocycles. The van der Waals surface area contributed by atoms with Crippen LogP contribution in [0.15, 0.2) is 24.3 Å². The lowest BCUT2D eigenvalue weighted by molar-refractivity contribution is 0.164. The van der Waals surface area contributed by atoms with Crippen molar-refractivity contribution in [2.45, 2.75) is 32.4 Å². The number of nitrogens with zero attached hydrogens (tertiary/aromatic N) is 1. The van der Waals surface area contributed by atoms with Crippen molar-refractivity contribution < 1.29 is 5.11 Å². The van der Waals surface area contributed by atoms with Crippen LogP contribution in [0, 0.1) is 0 Å². The highest BCUT2D eigenvalue weighted by Gasteiger charge is 2.20. The van der Waals surface area contributed by atoms with Crippen molar-refractivity contribution in [2.75, 3.05) is 19.6 Å². The quantitative estimate of drug-likeness (QED) is 0.836. The summed E-state index contributed by atoms with van der Waals surface area (Å²) in [6.07, 6.45) is 2.51. The maximum Gasteiger partial charge on any atom is 0.120 e. The molecule has 1 aliphatic heterocycles. The smallest absolute Gasteiger partial charge is 0.120 e. The Balaban J connectivity index is 2.01. The molecule has 0 spiro atoms. The highest BCUT2D eigenvalue weighted by Crippen LogP contribution is 2.20. The first-order valence-electron chi connectivity index (χ1n) is 6.53. The number of hydrogen-bond acceptors (Lipinski definition) is 3. The first-order chi connectivity index (χ1) is 8.31. The third-order valence-electron chi connectivity index (χ3n) is 3.56. The largest absolute Gasteiger partial charge is 0.508 e. The van der Waals surface area contributed by atoms with Gasteiger partial charge >= 0.3 is 0 Å². The topological polar surface area (TPSA) is 35.5 Å². The zero-order chi connectivity index (χ0) is 12.1. The van der Waals surface area contributed by atoms with E-state index in [0.717, 1.165) is 31.7 Å². The zero-order valence-corrected chi connectivity index (χ0v) is 10.5. The molecule has 1 aliphatic rings. The molecule has 1 aromatic carbocycles. The Bertz CT molecular complexity index is 348. The monoisotopic (exact) mass is 234 g/mol. The molecule has 1 fully saturated rings. The first-order valence-corrected chi connectivity index (χ1v) is 6.53. The Morgan fingerprint density at radius 3 is 2.88 bits per heavy atom. The van der Waals surface area contributed by atoms with E-state index < -0.39 is 0 Å². The van der Waals surface area contributed by atoms with E-state index in [1.54, 1.807) is 6.07 Å². The second kappa shape index (κ2) is 6.03. The van der Waals surface area contributed by atoms with Gasteiger partial charge in [0.25, 0.3) is 0 Å². The number of nitrogens with one attached hydrogen (secondary N) is 1. The van der Waals surface area contributed by atoms with Crippen LogP contribution in [0.5, 0.6) is 5.75 Å². The maximum absolute atomic E-state index is 9.81. The van der Waals surface area contributed by atoms with Crippen LogP contribution in [0.2, 0.25) is 0 Å². The average Bonchev–Trinajstić information content (AvgIpc) is 2.39. The molecule has 0 bridgehead atoms. The van der Waals surface area contributed by atoms with Gasteiger partial charge in [0.2, 0.25) is 0 Å². The second-order valence-corrected chi connectivity index (χ2v) is 4.69. The van der Waals surface area contributed by atoms with Crippen LogP contribution in [0.1, 0.15) is 25.3 Å². The van der Waals surface area contributed by atoms with Gasteiger partial charge in [-0.3, -0.25) is 4.90 Å². The number of aromatic hydroxyl groups is 1. The molecule has 3 nitrogen and oxygen atoms in total. The molecule has 94 valence electrons. The van der Waals surface area contributed by atoms with E-state index in [1.165, 1.54) is 12.8 Å². The van der Waals surface area contributed by atoms with Gasteiger partial charge in [-0.2, -0.15) is 0 Å². The number of phenols is 1. The lowest BCUT2D eigenvalue weighted by Gasteiger charge is -2.34. The van der Waals surface area contributed by atoms with Crippen LogP contribution >= 0.6 is 0 Å². The summed E-state index contributed by atoms with van der Waals surface area (Å²) in [6.45, 7) is 6.27. The molecule has 1 unspecified atom stereocenters. The molecule has 0 amide bonds. The third-order valence-corrected chi connectivity index (χ3v) is 3.56. The van der Waals surface area contributed by atoms with Gasteiger partial charge < -0.3 is 10.4 Å². The first kappa shape index (κ1) is 12.4. The van der Waals surface area contributed by atoms with Gasteiger partial charge in [-0.15, -0.1) is 0 Å². The molecule has 1 saturated heterocycles. The minimum Gasteiger partial charge on any atom is -0.508 e. The summed E-state index contributed by atoms with van der Waals surface area (Å²) in [5.41, 5.74) is 1.03. The summed E-state index contributed by atoms with van der Waals surface area (Å²) in [7, 11) is 0. The third kappa shape index (κ3) is 3.20. The van der Waals surface area contributed by atoms with E-state index in [1.807, 2.05) is 18.2 Å². The number of piperidine rings is 1. The summed E-state index contributed by atoms with van der Waals surface area (Å²) < 4.78 is 0. The van der Waals surface area contributed by atoms with Crippen LogP contribution in [-0.2, 0) is 6.54 Å². The highest BCUT2D eigenvalue weighted by molar-refractivity contribution is 5.31. The van der Waals surface area contributed by atoms with E-state index in [4.69, 9.17) is 0 Å². The SMILES string of the molecule is CCN(Cc1ccccc1O)C1CCCNC1. The van der Waals surface area contributed by atoms with E-state index in [0.29, 0.717) is 11.8 Å². The lowest BCUT2D eigenvalue weighted by atomic mass is 10.0. The van der Waals surface area contributed by atoms with Gasteiger partial charge in [0.15, 0.2) is 0 Å². The highest BCUT2D eigenvalue weighted by atomic mass is 16.3. The lowest BCUT2D eigenvalue weighted by Crippen LogP contribution is -2.45. The van der Waals surface area contributed by atoms with Crippen molar-refractivity contribution >= 4 is 0 Å². The van der Waals surface area contributed by atoms with Gasteiger partial charge in [0.1, 0.15) is 5.75 Å². The standard InChI is InChI=1S/C14H22N2O/c1-2-16(13-7-5-9-15-10-13)11-12-6-3-4-8-14(12)17/h3-4,6,8,13,15,17H,2,5,7,9-11H2,1H3. The zero-order valence-electron chi connectivity index (χ0n) is 10.5. The molecule has 2 N–H and O–H groups in total. The summed E-state index contributed by atoms with van der Waals surface area (Å²) >= 11 is 0. The number of rotatable bonds is 4. The van der Waals surface area contributed by atoms with E-state index in [-0.39, 0.29) is 0 Å². The molecular formula is C14H22N2O. The Morgan fingerprint density at radius 2 is 2.24 bits per heavy atom. The number of benzene rings is 1. The summed E-state index contributed by atoms with van der Waals surface area (Å²) in [4.78, 5) is 2.45. The van der Waals surface area contributed by atoms with Crippen molar-refractivity contribution in [3.63, 3.8) is 0 Å². The average molecular weight is 234 g/mol. The molecule has 0 aromatic heterocycles. The maximum atomic E-state index is 9.81. The molecule has 2 rings (SSSR count). The minimum absolute atomic E-state index is 0.412. The predicted molar refractivity (Wildman–Crippen MR) is 70.1 cm³/mol. The van der Waals surface area contributed by atoms with Crippen LogP contribution in [0.25, 0.3) is 0 Å². The molecule has 1 atom stereocenters. The molecular weight excluding hydrogens is 212 g/mol. The summed E-state index contributed by atoms with van der Waals surface area (Å²) in [5.74, 6) is 0.412. The Labute approximate surface area is 103 Å². The second-order valence-electron chi connectivity index (χ2n) is 4.69. The van der Waals surface area contributed by atoms with Gasteiger partial charge in [-0.25, -0.2) is 0 Å². The predicted octanol–water partition coefficient (Wildman–Crippen LogP) is 1.97. The van der Waals surface area contributed by atoms with Crippen molar-refractivity contribution in [2.24, 2.45) is 0 Å². The fourth-order valence-corrected chi connectivity index (χ4v) is 2.51. The molecule has 0 aliphatic carbocycles. The number of phenolic OH excluding ortho intramolecular Hbond substituents is 1. The summed E-state index contributed by atoms with van der Waals surface area (Å²) in [5, 5.41) is 13.3. The molecule has 17 heavy (non-hydrogen) atoms. The van der Waals surface area contributed by atoms with Crippen molar-refractivity contribution in [3.05, 3.63) is 29.8 Å². The fourth-order valence-electron chi connectivity index (χ4n) is 2.51. The van der Waals surface area contributed by atoms with Gasteiger partial charge in [-0.1, -0.05) is 25.1 Å². The van der Waals surface area contributed by atoms with E-state index in [2.05, 4.69) is 17.1 Å². The molecule has 0 radical (unpaired) electrons. The molecule has 3 heteroatoms.